The van der Waals surface area contributed by atoms with E-state index in [1.165, 1.54) is 0 Å². The van der Waals surface area contributed by atoms with Gasteiger partial charge in [0.15, 0.2) is 0 Å². The van der Waals surface area contributed by atoms with E-state index in [0.717, 1.165) is 14.5 Å². The zero-order valence-corrected chi connectivity index (χ0v) is 9.71. The van der Waals surface area contributed by atoms with Gasteiger partial charge in [0, 0.05) is 13.9 Å². The smallest absolute Gasteiger partial charge is 0.134 e. The number of nitrogen functional groups attached to an aromatic ring is 1. The lowest BCUT2D eigenvalue weighted by Crippen LogP contribution is -1.93. The first kappa shape index (κ1) is 10.0. The number of azide groups is 1. The molecule has 0 saturated carbocycles. The van der Waals surface area contributed by atoms with Crippen LogP contribution in [0.5, 0.6) is 0 Å². The number of nitrogens with zero attached hydrogens (tertiary/aromatic N) is 4. The van der Waals surface area contributed by atoms with E-state index in [2.05, 4.69) is 37.6 Å². The minimum absolute atomic E-state index is 0.260. The fourth-order valence-corrected chi connectivity index (χ4v) is 2.16. The van der Waals surface area contributed by atoms with Gasteiger partial charge in [0.1, 0.15) is 5.82 Å². The van der Waals surface area contributed by atoms with Crippen molar-refractivity contribution in [1.82, 2.24) is 4.98 Å². The van der Waals surface area contributed by atoms with Gasteiger partial charge in [-0.05, 0) is 34.2 Å². The standard InChI is InChI=1S/C9H6IN5/c10-7-5-3-1-2-4-6(5)13-9(11)8(7)14-15-12/h1-4H,(H2,11,13). The molecule has 1 aromatic carbocycles. The molecule has 5 nitrogen and oxygen atoms in total. The van der Waals surface area contributed by atoms with E-state index in [-0.39, 0.29) is 5.82 Å². The lowest BCUT2D eigenvalue weighted by Gasteiger charge is -2.05. The Morgan fingerprint density at radius 3 is 2.87 bits per heavy atom. The lowest BCUT2D eigenvalue weighted by atomic mass is 10.2. The molecule has 6 heteroatoms. The fourth-order valence-electron chi connectivity index (χ4n) is 1.32. The summed E-state index contributed by atoms with van der Waals surface area (Å²) in [6, 6.07) is 7.58. The van der Waals surface area contributed by atoms with Crippen molar-refractivity contribution < 1.29 is 0 Å². The Hall–Kier alpha value is -1.53. The molecule has 2 aromatic rings. The Labute approximate surface area is 99.1 Å². The van der Waals surface area contributed by atoms with E-state index in [0.29, 0.717) is 5.69 Å². The van der Waals surface area contributed by atoms with Crippen LogP contribution in [0.1, 0.15) is 0 Å². The summed E-state index contributed by atoms with van der Waals surface area (Å²) in [4.78, 5) is 6.90. The van der Waals surface area contributed by atoms with Crippen LogP contribution in [0, 0.1) is 3.57 Å². The lowest BCUT2D eigenvalue weighted by molar-refractivity contribution is 1.35. The van der Waals surface area contributed by atoms with Crippen LogP contribution in [-0.4, -0.2) is 4.98 Å². The average Bonchev–Trinajstić information content (AvgIpc) is 2.24. The molecule has 0 fully saturated rings. The van der Waals surface area contributed by atoms with E-state index >= 15 is 0 Å². The third-order valence-corrected chi connectivity index (χ3v) is 3.07. The first-order chi connectivity index (χ1) is 7.24. The Morgan fingerprint density at radius 1 is 1.40 bits per heavy atom. The molecule has 0 aliphatic carbocycles. The monoisotopic (exact) mass is 311 g/mol. The molecule has 0 aliphatic rings. The average molecular weight is 311 g/mol. The Morgan fingerprint density at radius 2 is 2.13 bits per heavy atom. The summed E-state index contributed by atoms with van der Waals surface area (Å²) in [7, 11) is 0. The maximum absolute atomic E-state index is 8.41. The first-order valence-electron chi connectivity index (χ1n) is 4.13. The predicted octanol–water partition coefficient (Wildman–Crippen LogP) is 3.36. The van der Waals surface area contributed by atoms with Crippen LogP contribution in [0.2, 0.25) is 0 Å². The van der Waals surface area contributed by atoms with Crippen LogP contribution in [0.15, 0.2) is 29.4 Å². The molecule has 0 spiro atoms. The highest BCUT2D eigenvalue weighted by molar-refractivity contribution is 14.1. The van der Waals surface area contributed by atoms with Crippen LogP contribution in [0.25, 0.3) is 21.3 Å². The van der Waals surface area contributed by atoms with Gasteiger partial charge in [-0.3, -0.25) is 0 Å². The van der Waals surface area contributed by atoms with Gasteiger partial charge in [0.05, 0.1) is 11.2 Å². The van der Waals surface area contributed by atoms with E-state index in [4.69, 9.17) is 11.3 Å². The molecule has 0 radical (unpaired) electrons. The topological polar surface area (TPSA) is 87.7 Å². The van der Waals surface area contributed by atoms with Gasteiger partial charge >= 0.3 is 0 Å². The van der Waals surface area contributed by atoms with Crippen LogP contribution in [0.3, 0.4) is 0 Å². The second-order valence-corrected chi connectivity index (χ2v) is 3.94. The van der Waals surface area contributed by atoms with Crippen LogP contribution >= 0.6 is 22.6 Å². The van der Waals surface area contributed by atoms with Gasteiger partial charge in [-0.25, -0.2) is 4.98 Å². The highest BCUT2D eigenvalue weighted by Gasteiger charge is 2.08. The van der Waals surface area contributed by atoms with Crippen molar-refractivity contribution in [2.45, 2.75) is 0 Å². The van der Waals surface area contributed by atoms with Gasteiger partial charge in [-0.15, -0.1) is 0 Å². The second-order valence-electron chi connectivity index (χ2n) is 2.87. The summed E-state index contributed by atoms with van der Waals surface area (Å²) >= 11 is 2.10. The number of hydrogen-bond donors (Lipinski definition) is 1. The quantitative estimate of drug-likeness (QED) is 0.379. The van der Waals surface area contributed by atoms with Gasteiger partial charge in [-0.1, -0.05) is 23.3 Å². The van der Waals surface area contributed by atoms with Crippen molar-refractivity contribution in [3.05, 3.63) is 38.3 Å². The summed E-state index contributed by atoms with van der Waals surface area (Å²) in [6.07, 6.45) is 0. The summed E-state index contributed by atoms with van der Waals surface area (Å²) in [5.74, 6) is 0.260. The molecule has 0 atom stereocenters. The zero-order valence-electron chi connectivity index (χ0n) is 7.55. The van der Waals surface area contributed by atoms with Gasteiger partial charge in [0.25, 0.3) is 0 Å². The maximum Gasteiger partial charge on any atom is 0.134 e. The molecule has 1 heterocycles. The van der Waals surface area contributed by atoms with E-state index in [1.807, 2.05) is 24.3 Å². The van der Waals surface area contributed by atoms with E-state index in [9.17, 15) is 0 Å². The van der Waals surface area contributed by atoms with Crippen LogP contribution in [0.4, 0.5) is 11.5 Å². The fraction of sp³-hybridized carbons (Fsp3) is 0. The molecule has 74 valence electrons. The van der Waals surface area contributed by atoms with Gasteiger partial charge in [-0.2, -0.15) is 0 Å². The molecule has 0 aliphatic heterocycles. The van der Waals surface area contributed by atoms with Crippen LogP contribution < -0.4 is 5.73 Å². The molecule has 2 N–H and O–H groups in total. The zero-order chi connectivity index (χ0) is 10.8. The van der Waals surface area contributed by atoms with Crippen molar-refractivity contribution in [2.24, 2.45) is 5.11 Å². The molecule has 1 aromatic heterocycles. The predicted molar refractivity (Wildman–Crippen MR) is 67.7 cm³/mol. The molecule has 15 heavy (non-hydrogen) atoms. The highest BCUT2D eigenvalue weighted by Crippen LogP contribution is 2.32. The number of rotatable bonds is 1. The molecule has 0 saturated heterocycles. The Bertz CT molecular complexity index is 574. The third-order valence-electron chi connectivity index (χ3n) is 1.98. The highest BCUT2D eigenvalue weighted by atomic mass is 127. The third kappa shape index (κ3) is 1.69. The molecule has 0 amide bonds. The summed E-state index contributed by atoms with van der Waals surface area (Å²) < 4.78 is 0.827. The van der Waals surface area contributed by atoms with Crippen molar-refractivity contribution in [1.29, 1.82) is 0 Å². The number of benzene rings is 1. The number of aromatic nitrogens is 1. The van der Waals surface area contributed by atoms with Crippen molar-refractivity contribution in [3.8, 4) is 0 Å². The van der Waals surface area contributed by atoms with Gasteiger partial charge in [0.2, 0.25) is 0 Å². The number of anilines is 1. The first-order valence-corrected chi connectivity index (χ1v) is 5.20. The van der Waals surface area contributed by atoms with Crippen molar-refractivity contribution >= 4 is 45.0 Å². The Balaban J connectivity index is 2.89. The molecule has 0 bridgehead atoms. The summed E-state index contributed by atoms with van der Waals surface area (Å²) in [5.41, 5.74) is 15.3. The minimum atomic E-state index is 0.260. The van der Waals surface area contributed by atoms with Crippen molar-refractivity contribution in [2.75, 3.05) is 5.73 Å². The van der Waals surface area contributed by atoms with Gasteiger partial charge < -0.3 is 5.73 Å². The molecular formula is C9H6IN5. The van der Waals surface area contributed by atoms with E-state index in [1.54, 1.807) is 0 Å². The number of pyridine rings is 1. The Kier molecular flexibility index (Phi) is 2.61. The normalized spacial score (nSPS) is 9.93. The summed E-state index contributed by atoms with van der Waals surface area (Å²) in [5, 5.41) is 4.48. The number of hydrogen-bond acceptors (Lipinski definition) is 3. The number of halogens is 1. The van der Waals surface area contributed by atoms with E-state index < -0.39 is 0 Å². The molecular weight excluding hydrogens is 305 g/mol. The summed E-state index contributed by atoms with van der Waals surface area (Å²) in [6.45, 7) is 0. The second kappa shape index (κ2) is 3.92. The number of nitrogens with two attached hydrogens (primary N) is 1. The minimum Gasteiger partial charge on any atom is -0.383 e. The SMILES string of the molecule is [N-]=[N+]=Nc1c(N)nc2ccccc2c1I. The maximum atomic E-state index is 8.41. The largest absolute Gasteiger partial charge is 0.383 e. The molecule has 2 rings (SSSR count). The number of para-hydroxylation sites is 1. The number of fused-ring (bicyclic) bond motifs is 1. The van der Waals surface area contributed by atoms with Crippen molar-refractivity contribution in [3.63, 3.8) is 0 Å². The molecule has 0 unspecified atom stereocenters. The van der Waals surface area contributed by atoms with Crippen LogP contribution in [-0.2, 0) is 0 Å².